The van der Waals surface area contributed by atoms with Gasteiger partial charge in [-0.15, -0.1) is 5.10 Å². The van der Waals surface area contributed by atoms with Crippen LogP contribution in [-0.4, -0.2) is 17.3 Å². The monoisotopic (exact) mass is 219 g/mol. The molecule has 5 heteroatoms. The lowest BCUT2D eigenvalue weighted by molar-refractivity contribution is 0.408. The van der Waals surface area contributed by atoms with Crippen LogP contribution >= 0.6 is 0 Å². The van der Waals surface area contributed by atoms with Gasteiger partial charge >= 0.3 is 6.01 Å². The lowest BCUT2D eigenvalue weighted by atomic mass is 10.1. The number of benzene rings is 1. The quantitative estimate of drug-likeness (QED) is 0.835. The van der Waals surface area contributed by atoms with E-state index in [0.29, 0.717) is 5.89 Å². The molecule has 1 heterocycles. The number of aromatic nitrogens is 2. The van der Waals surface area contributed by atoms with Crippen LogP contribution in [0.1, 0.15) is 11.1 Å². The zero-order valence-corrected chi connectivity index (χ0v) is 9.44. The first-order valence-corrected chi connectivity index (χ1v) is 4.86. The van der Waals surface area contributed by atoms with E-state index >= 15 is 0 Å². The summed E-state index contributed by atoms with van der Waals surface area (Å²) >= 11 is 0. The Morgan fingerprint density at radius 1 is 1.19 bits per heavy atom. The standard InChI is InChI=1S/C11H13N3O2/c1-6-4-8(5-7(2)9(6)15-3)10-13-14-11(12)16-10/h4-5H,1-3H3,(H2,12,14). The van der Waals surface area contributed by atoms with E-state index in [1.54, 1.807) is 7.11 Å². The Kier molecular flexibility index (Phi) is 2.52. The summed E-state index contributed by atoms with van der Waals surface area (Å²) in [5, 5.41) is 7.47. The van der Waals surface area contributed by atoms with Gasteiger partial charge in [0.15, 0.2) is 0 Å². The van der Waals surface area contributed by atoms with Crippen LogP contribution in [0.5, 0.6) is 5.75 Å². The smallest absolute Gasteiger partial charge is 0.313 e. The molecule has 0 saturated carbocycles. The van der Waals surface area contributed by atoms with Crippen molar-refractivity contribution in [2.24, 2.45) is 0 Å². The van der Waals surface area contributed by atoms with E-state index in [1.165, 1.54) is 0 Å². The van der Waals surface area contributed by atoms with Gasteiger partial charge < -0.3 is 14.9 Å². The van der Waals surface area contributed by atoms with Crippen molar-refractivity contribution in [1.29, 1.82) is 0 Å². The van der Waals surface area contributed by atoms with Crippen molar-refractivity contribution in [2.75, 3.05) is 12.8 Å². The van der Waals surface area contributed by atoms with E-state index in [2.05, 4.69) is 10.2 Å². The van der Waals surface area contributed by atoms with Crippen LogP contribution in [0.4, 0.5) is 6.01 Å². The second-order valence-corrected chi connectivity index (χ2v) is 3.59. The molecule has 5 nitrogen and oxygen atoms in total. The number of nitrogens with two attached hydrogens (primary N) is 1. The highest BCUT2D eigenvalue weighted by atomic mass is 16.5. The molecule has 0 aliphatic heterocycles. The fourth-order valence-electron chi connectivity index (χ4n) is 1.75. The Labute approximate surface area is 93.2 Å². The van der Waals surface area contributed by atoms with Crippen LogP contribution in [-0.2, 0) is 0 Å². The zero-order chi connectivity index (χ0) is 11.7. The van der Waals surface area contributed by atoms with Crippen molar-refractivity contribution in [1.82, 2.24) is 10.2 Å². The van der Waals surface area contributed by atoms with Gasteiger partial charge in [-0.2, -0.15) is 0 Å². The molecule has 0 fully saturated rings. The predicted octanol–water partition coefficient (Wildman–Crippen LogP) is 1.94. The number of anilines is 1. The lowest BCUT2D eigenvalue weighted by Crippen LogP contribution is -1.92. The summed E-state index contributed by atoms with van der Waals surface area (Å²) in [4.78, 5) is 0. The third-order valence-electron chi connectivity index (χ3n) is 2.35. The van der Waals surface area contributed by atoms with Crippen molar-refractivity contribution in [3.05, 3.63) is 23.3 Å². The molecule has 0 radical (unpaired) electrons. The van der Waals surface area contributed by atoms with E-state index in [9.17, 15) is 0 Å². The first-order valence-electron chi connectivity index (χ1n) is 4.86. The van der Waals surface area contributed by atoms with Gasteiger partial charge in [-0.1, -0.05) is 5.10 Å². The van der Waals surface area contributed by atoms with Crippen molar-refractivity contribution < 1.29 is 9.15 Å². The molecular weight excluding hydrogens is 206 g/mol. The summed E-state index contributed by atoms with van der Waals surface area (Å²) in [7, 11) is 1.65. The second kappa shape index (κ2) is 3.84. The van der Waals surface area contributed by atoms with Gasteiger partial charge in [-0.25, -0.2) is 0 Å². The summed E-state index contributed by atoms with van der Waals surface area (Å²) in [5.41, 5.74) is 8.28. The Morgan fingerprint density at radius 3 is 2.25 bits per heavy atom. The number of nitrogen functional groups attached to an aromatic ring is 1. The Hall–Kier alpha value is -2.04. The molecule has 0 amide bonds. The van der Waals surface area contributed by atoms with E-state index in [-0.39, 0.29) is 6.01 Å². The van der Waals surface area contributed by atoms with Crippen LogP contribution in [0.15, 0.2) is 16.5 Å². The van der Waals surface area contributed by atoms with Crippen LogP contribution in [0.3, 0.4) is 0 Å². The number of ether oxygens (including phenoxy) is 1. The first kappa shape index (κ1) is 10.5. The summed E-state index contributed by atoms with van der Waals surface area (Å²) in [6.07, 6.45) is 0. The van der Waals surface area contributed by atoms with E-state index < -0.39 is 0 Å². The van der Waals surface area contributed by atoms with Gasteiger partial charge in [0.05, 0.1) is 7.11 Å². The Morgan fingerprint density at radius 2 is 1.81 bits per heavy atom. The summed E-state index contributed by atoms with van der Waals surface area (Å²) in [6, 6.07) is 3.93. The summed E-state index contributed by atoms with van der Waals surface area (Å²) < 4.78 is 10.4. The molecule has 84 valence electrons. The Balaban J connectivity index is 2.52. The van der Waals surface area contributed by atoms with Crippen molar-refractivity contribution in [2.45, 2.75) is 13.8 Å². The number of hydrogen-bond donors (Lipinski definition) is 1. The molecule has 0 saturated heterocycles. The largest absolute Gasteiger partial charge is 0.496 e. The average molecular weight is 219 g/mol. The van der Waals surface area contributed by atoms with Crippen LogP contribution in [0.2, 0.25) is 0 Å². The summed E-state index contributed by atoms with van der Waals surface area (Å²) in [6.45, 7) is 3.93. The zero-order valence-electron chi connectivity index (χ0n) is 9.44. The molecule has 1 aromatic heterocycles. The minimum Gasteiger partial charge on any atom is -0.496 e. The van der Waals surface area contributed by atoms with Crippen LogP contribution in [0.25, 0.3) is 11.5 Å². The molecular formula is C11H13N3O2. The van der Waals surface area contributed by atoms with Crippen molar-refractivity contribution in [3.63, 3.8) is 0 Å². The molecule has 1 aromatic carbocycles. The van der Waals surface area contributed by atoms with Gasteiger partial charge in [-0.3, -0.25) is 0 Å². The fourth-order valence-corrected chi connectivity index (χ4v) is 1.75. The van der Waals surface area contributed by atoms with E-state index in [0.717, 1.165) is 22.4 Å². The lowest BCUT2D eigenvalue weighted by Gasteiger charge is -2.09. The molecule has 16 heavy (non-hydrogen) atoms. The van der Waals surface area contributed by atoms with Gasteiger partial charge in [-0.05, 0) is 37.1 Å². The first-order chi connectivity index (χ1) is 7.61. The predicted molar refractivity (Wildman–Crippen MR) is 60.2 cm³/mol. The van der Waals surface area contributed by atoms with Crippen LogP contribution in [0, 0.1) is 13.8 Å². The number of aryl methyl sites for hydroxylation is 2. The molecule has 2 rings (SSSR count). The van der Waals surface area contributed by atoms with Gasteiger partial charge in [0.25, 0.3) is 0 Å². The SMILES string of the molecule is COc1c(C)cc(-c2nnc(N)o2)cc1C. The molecule has 0 spiro atoms. The highest BCUT2D eigenvalue weighted by Gasteiger charge is 2.11. The molecule has 0 bridgehead atoms. The average Bonchev–Trinajstić information content (AvgIpc) is 2.64. The highest BCUT2D eigenvalue weighted by Crippen LogP contribution is 2.29. The van der Waals surface area contributed by atoms with Crippen molar-refractivity contribution >= 4 is 6.01 Å². The van der Waals surface area contributed by atoms with Crippen molar-refractivity contribution in [3.8, 4) is 17.2 Å². The topological polar surface area (TPSA) is 74.2 Å². The molecule has 0 unspecified atom stereocenters. The third kappa shape index (κ3) is 1.71. The maximum absolute atomic E-state index is 5.38. The normalized spacial score (nSPS) is 10.4. The maximum atomic E-state index is 5.38. The Bertz CT molecular complexity index is 497. The van der Waals surface area contributed by atoms with E-state index in [1.807, 2.05) is 26.0 Å². The van der Waals surface area contributed by atoms with Gasteiger partial charge in [0, 0.05) is 5.56 Å². The number of methoxy groups -OCH3 is 1. The van der Waals surface area contributed by atoms with Gasteiger partial charge in [0.1, 0.15) is 5.75 Å². The molecule has 0 aliphatic rings. The van der Waals surface area contributed by atoms with Gasteiger partial charge in [0.2, 0.25) is 5.89 Å². The molecule has 0 atom stereocenters. The summed E-state index contributed by atoms with van der Waals surface area (Å²) in [5.74, 6) is 1.29. The van der Waals surface area contributed by atoms with Crippen LogP contribution < -0.4 is 10.5 Å². The molecule has 0 aliphatic carbocycles. The fraction of sp³-hybridized carbons (Fsp3) is 0.273. The molecule has 2 N–H and O–H groups in total. The minimum atomic E-state index is 0.0705. The second-order valence-electron chi connectivity index (χ2n) is 3.59. The number of rotatable bonds is 2. The van der Waals surface area contributed by atoms with E-state index in [4.69, 9.17) is 14.9 Å². The highest BCUT2D eigenvalue weighted by molar-refractivity contribution is 5.60. The number of nitrogens with zero attached hydrogens (tertiary/aromatic N) is 2. The minimum absolute atomic E-state index is 0.0705. The number of hydrogen-bond acceptors (Lipinski definition) is 5. The third-order valence-corrected chi connectivity index (χ3v) is 2.35. The molecule has 2 aromatic rings. The maximum Gasteiger partial charge on any atom is 0.313 e.